The number of fused-ring (bicyclic) bond motifs is 5. The normalized spacial score (nSPS) is 52.5. The lowest BCUT2D eigenvalue weighted by molar-refractivity contribution is -0.222. The third-order valence-electron chi connectivity index (χ3n) is 8.43. The number of aliphatic hydroxyl groups is 4. The number of aliphatic hydroxyl groups excluding tert-OH is 3. The van der Waals surface area contributed by atoms with E-state index in [0.29, 0.717) is 18.4 Å². The topological polar surface area (TPSA) is 115 Å². The van der Waals surface area contributed by atoms with Gasteiger partial charge in [0.1, 0.15) is 6.61 Å². The van der Waals surface area contributed by atoms with E-state index in [2.05, 4.69) is 0 Å². The minimum absolute atomic E-state index is 0.0135. The highest BCUT2D eigenvalue weighted by atomic mass is 19.1. The van der Waals surface area contributed by atoms with Gasteiger partial charge in [0, 0.05) is 16.7 Å². The number of rotatable bonds is 2. The van der Waals surface area contributed by atoms with Crippen LogP contribution in [0.5, 0.6) is 0 Å². The maximum Gasteiger partial charge on any atom is 0.192 e. The Bertz CT molecular complexity index is 807. The molecular formula is C21H27FO6. The van der Waals surface area contributed by atoms with Crippen molar-refractivity contribution in [2.24, 2.45) is 22.7 Å². The van der Waals surface area contributed by atoms with E-state index in [1.807, 2.05) is 0 Å². The average Bonchev–Trinajstić information content (AvgIpc) is 2.84. The Morgan fingerprint density at radius 3 is 2.57 bits per heavy atom. The van der Waals surface area contributed by atoms with Crippen molar-refractivity contribution in [1.29, 1.82) is 0 Å². The van der Waals surface area contributed by atoms with Crippen molar-refractivity contribution in [3.05, 3.63) is 23.8 Å². The zero-order valence-electron chi connectivity index (χ0n) is 16.1. The van der Waals surface area contributed by atoms with Gasteiger partial charge in [-0.3, -0.25) is 9.59 Å². The zero-order chi connectivity index (χ0) is 20.7. The number of hydrogen-bond acceptors (Lipinski definition) is 6. The van der Waals surface area contributed by atoms with Crippen molar-refractivity contribution in [2.75, 3.05) is 6.61 Å². The molecule has 6 nitrogen and oxygen atoms in total. The van der Waals surface area contributed by atoms with Crippen molar-refractivity contribution in [3.63, 3.8) is 0 Å². The van der Waals surface area contributed by atoms with Crippen LogP contribution in [-0.2, 0) is 9.59 Å². The van der Waals surface area contributed by atoms with Crippen LogP contribution < -0.4 is 0 Å². The molecule has 4 aliphatic carbocycles. The van der Waals surface area contributed by atoms with Gasteiger partial charge in [-0.05, 0) is 50.7 Å². The van der Waals surface area contributed by atoms with Gasteiger partial charge in [-0.2, -0.15) is 0 Å². The number of ketones is 2. The standard InChI is InChI=1S/C21H27FO6/c1-18-6-5-12(24)7-11(18)3-4-13-14-8-15(25)21(28,17(27)10-23)19(14,2)9-16(26)20(13,18)22/h5-7,13-16,23,25-26,28H,3-4,8-10H2,1-2H3/t13-,14-,15-,16+,18-,19+,20+,21+/m1/s1. The Balaban J connectivity index is 1.84. The number of carbonyl (C=O) groups excluding carboxylic acids is 2. The van der Waals surface area contributed by atoms with Crippen molar-refractivity contribution in [1.82, 2.24) is 0 Å². The lowest BCUT2D eigenvalue weighted by Crippen LogP contribution is -2.69. The minimum Gasteiger partial charge on any atom is -0.390 e. The molecule has 154 valence electrons. The Hall–Kier alpha value is -1.41. The van der Waals surface area contributed by atoms with Gasteiger partial charge in [0.25, 0.3) is 0 Å². The van der Waals surface area contributed by atoms with E-state index in [1.54, 1.807) is 13.8 Å². The number of alkyl halides is 1. The summed E-state index contributed by atoms with van der Waals surface area (Å²) in [4.78, 5) is 24.2. The summed E-state index contributed by atoms with van der Waals surface area (Å²) in [6.07, 6.45) is 1.93. The van der Waals surface area contributed by atoms with E-state index in [-0.39, 0.29) is 18.6 Å². The SMILES string of the molecule is C[C@]12C[C@H](O)[C@@]3(F)[C@H](CCC4=CC(=O)C=C[C@]43C)[C@H]1C[C@@H](O)[C@]2(O)C(=O)CO. The van der Waals surface area contributed by atoms with Crippen LogP contribution in [0, 0.1) is 22.7 Å². The first-order valence-corrected chi connectivity index (χ1v) is 9.82. The van der Waals surface area contributed by atoms with E-state index in [0.717, 1.165) is 0 Å². The summed E-state index contributed by atoms with van der Waals surface area (Å²) in [5.74, 6) is -2.38. The quantitative estimate of drug-likeness (QED) is 0.546. The highest BCUT2D eigenvalue weighted by Gasteiger charge is 2.76. The Morgan fingerprint density at radius 1 is 1.25 bits per heavy atom. The number of hydrogen-bond donors (Lipinski definition) is 4. The second-order valence-electron chi connectivity index (χ2n) is 9.36. The van der Waals surface area contributed by atoms with Gasteiger partial charge in [0.05, 0.1) is 12.2 Å². The first-order chi connectivity index (χ1) is 13.0. The molecule has 0 unspecified atom stereocenters. The van der Waals surface area contributed by atoms with Gasteiger partial charge in [-0.15, -0.1) is 0 Å². The first kappa shape index (κ1) is 19.9. The monoisotopic (exact) mass is 394 g/mol. The Kier molecular flexibility index (Phi) is 4.13. The number of Topliss-reactive ketones (excluding diaryl/α,β-unsaturated/α-hetero) is 1. The van der Waals surface area contributed by atoms with Crippen LogP contribution >= 0.6 is 0 Å². The third-order valence-corrected chi connectivity index (χ3v) is 8.43. The minimum atomic E-state index is -2.23. The molecule has 8 atom stereocenters. The summed E-state index contributed by atoms with van der Waals surface area (Å²) in [5, 5.41) is 42.1. The fourth-order valence-electron chi connectivity index (χ4n) is 6.85. The van der Waals surface area contributed by atoms with E-state index >= 15 is 4.39 Å². The van der Waals surface area contributed by atoms with Gasteiger partial charge in [-0.25, -0.2) is 4.39 Å². The molecule has 0 aromatic carbocycles. The number of carbonyl (C=O) groups is 2. The lowest BCUT2D eigenvalue weighted by Gasteiger charge is -2.62. The largest absolute Gasteiger partial charge is 0.390 e. The molecular weight excluding hydrogens is 367 g/mol. The average molecular weight is 394 g/mol. The molecule has 0 aliphatic heterocycles. The molecule has 7 heteroatoms. The maximum absolute atomic E-state index is 16.8. The second-order valence-corrected chi connectivity index (χ2v) is 9.36. The summed E-state index contributed by atoms with van der Waals surface area (Å²) in [6.45, 7) is 2.33. The predicted molar refractivity (Wildman–Crippen MR) is 96.8 cm³/mol. The van der Waals surface area contributed by atoms with Crippen molar-refractivity contribution in [3.8, 4) is 0 Å². The molecule has 28 heavy (non-hydrogen) atoms. The lowest BCUT2D eigenvalue weighted by atomic mass is 9.44. The molecule has 0 heterocycles. The third kappa shape index (κ3) is 2.01. The van der Waals surface area contributed by atoms with Gasteiger partial charge in [0.2, 0.25) is 0 Å². The molecule has 0 spiro atoms. The summed E-state index contributed by atoms with van der Waals surface area (Å²) < 4.78 is 16.8. The Labute approximate surface area is 162 Å². The molecule has 0 saturated heterocycles. The summed E-state index contributed by atoms with van der Waals surface area (Å²) in [6, 6.07) is 0. The molecule has 4 aliphatic rings. The molecule has 4 N–H and O–H groups in total. The van der Waals surface area contributed by atoms with Crippen molar-refractivity contribution < 1.29 is 34.4 Å². The van der Waals surface area contributed by atoms with Crippen LogP contribution in [0.1, 0.15) is 39.5 Å². The highest BCUT2D eigenvalue weighted by Crippen LogP contribution is 2.69. The molecule has 0 aromatic heterocycles. The fraction of sp³-hybridized carbons (Fsp3) is 0.714. The molecule has 0 radical (unpaired) electrons. The van der Waals surface area contributed by atoms with Gasteiger partial charge in [0.15, 0.2) is 22.8 Å². The predicted octanol–water partition coefficient (Wildman–Crippen LogP) is 0.620. The smallest absolute Gasteiger partial charge is 0.192 e. The van der Waals surface area contributed by atoms with E-state index in [9.17, 15) is 30.0 Å². The van der Waals surface area contributed by atoms with E-state index < -0.39 is 58.5 Å². The zero-order valence-corrected chi connectivity index (χ0v) is 16.1. The molecule has 4 rings (SSSR count). The van der Waals surface area contributed by atoms with Gasteiger partial charge in [-0.1, -0.05) is 18.6 Å². The highest BCUT2D eigenvalue weighted by molar-refractivity contribution is 6.01. The van der Waals surface area contributed by atoms with Gasteiger partial charge < -0.3 is 20.4 Å². The first-order valence-electron chi connectivity index (χ1n) is 9.82. The van der Waals surface area contributed by atoms with Crippen LogP contribution in [0.2, 0.25) is 0 Å². The number of halogens is 1. The van der Waals surface area contributed by atoms with Gasteiger partial charge >= 0.3 is 0 Å². The molecule has 0 bridgehead atoms. The fourth-order valence-corrected chi connectivity index (χ4v) is 6.85. The van der Waals surface area contributed by atoms with Crippen molar-refractivity contribution in [2.45, 2.75) is 63.0 Å². The van der Waals surface area contributed by atoms with Crippen LogP contribution in [-0.4, -0.2) is 62.1 Å². The van der Waals surface area contributed by atoms with Crippen LogP contribution in [0.25, 0.3) is 0 Å². The summed E-state index contributed by atoms with van der Waals surface area (Å²) >= 11 is 0. The van der Waals surface area contributed by atoms with Crippen LogP contribution in [0.4, 0.5) is 4.39 Å². The second kappa shape index (κ2) is 5.81. The van der Waals surface area contributed by atoms with Crippen LogP contribution in [0.15, 0.2) is 23.8 Å². The summed E-state index contributed by atoms with van der Waals surface area (Å²) in [5.41, 5.74) is -6.12. The summed E-state index contributed by atoms with van der Waals surface area (Å²) in [7, 11) is 0. The maximum atomic E-state index is 16.8. The molecule has 0 aromatic rings. The molecule has 3 fully saturated rings. The van der Waals surface area contributed by atoms with Crippen LogP contribution in [0.3, 0.4) is 0 Å². The number of allylic oxidation sites excluding steroid dienone is 4. The van der Waals surface area contributed by atoms with E-state index in [1.165, 1.54) is 18.2 Å². The molecule has 0 amide bonds. The van der Waals surface area contributed by atoms with Crippen molar-refractivity contribution >= 4 is 11.6 Å². The Morgan fingerprint density at radius 2 is 1.93 bits per heavy atom. The van der Waals surface area contributed by atoms with E-state index in [4.69, 9.17) is 0 Å². The molecule has 3 saturated carbocycles.